The molecule has 0 heterocycles. The van der Waals surface area contributed by atoms with Gasteiger partial charge in [-0.3, -0.25) is 14.4 Å². The standard InChI is InChI=1S/C49H89NO9/c1-4-7-8-9-10-11-12-13-14-15-16-17-18-19-24-31-37-45(59-49(56)57-43-34-42-50(5-2)6-3)40-41-48(55)58-44(35-29-25-20-22-27-32-38-46(51)52)36-30-26-21-23-28-33-39-47(53)54/h10-11,13-14,44-45H,4-9,12,15-43H2,1-3H3,(H,51,52)(H,53,54)/b11-10-,14-13-. The summed E-state index contributed by atoms with van der Waals surface area (Å²) in [4.78, 5) is 49.8. The first-order valence-electron chi connectivity index (χ1n) is 24.2. The molecular formula is C49H89NO9. The monoisotopic (exact) mass is 836 g/mol. The zero-order valence-electron chi connectivity index (χ0n) is 38.1. The van der Waals surface area contributed by atoms with E-state index in [1.807, 2.05) is 0 Å². The molecule has 0 saturated heterocycles. The molecule has 0 bridgehead atoms. The Morgan fingerprint density at radius 1 is 0.492 bits per heavy atom. The summed E-state index contributed by atoms with van der Waals surface area (Å²) < 4.78 is 17.3. The Morgan fingerprint density at radius 3 is 1.41 bits per heavy atom. The van der Waals surface area contributed by atoms with Crippen molar-refractivity contribution in [2.75, 3.05) is 26.2 Å². The first kappa shape index (κ1) is 56.1. The number of carboxylic acid groups (broad SMARTS) is 2. The first-order valence-corrected chi connectivity index (χ1v) is 24.2. The van der Waals surface area contributed by atoms with Crippen LogP contribution in [0.2, 0.25) is 0 Å². The highest BCUT2D eigenvalue weighted by Crippen LogP contribution is 2.20. The van der Waals surface area contributed by atoms with Crippen molar-refractivity contribution in [2.24, 2.45) is 0 Å². The van der Waals surface area contributed by atoms with Crippen LogP contribution < -0.4 is 0 Å². The third-order valence-electron chi connectivity index (χ3n) is 11.0. The van der Waals surface area contributed by atoms with Crippen molar-refractivity contribution in [1.82, 2.24) is 4.90 Å². The Bertz CT molecular complexity index is 1030. The SMILES string of the molecule is CCCCC/C=C\C/C=C\CCCCCCCCC(CCC(=O)OC(CCCCCCCCC(=O)O)CCCCCCCCC(=O)O)OC(=O)OCCCN(CC)CC. The van der Waals surface area contributed by atoms with Gasteiger partial charge >= 0.3 is 24.1 Å². The van der Waals surface area contributed by atoms with Gasteiger partial charge in [0.15, 0.2) is 0 Å². The molecule has 10 heteroatoms. The minimum absolute atomic E-state index is 0.163. The molecule has 2 N–H and O–H groups in total. The third kappa shape index (κ3) is 41.6. The maximum absolute atomic E-state index is 13.2. The highest BCUT2D eigenvalue weighted by Gasteiger charge is 2.20. The molecule has 0 saturated carbocycles. The van der Waals surface area contributed by atoms with Crippen molar-refractivity contribution in [1.29, 1.82) is 0 Å². The van der Waals surface area contributed by atoms with Crippen molar-refractivity contribution in [3.63, 3.8) is 0 Å². The van der Waals surface area contributed by atoms with Gasteiger partial charge in [-0.1, -0.05) is 135 Å². The van der Waals surface area contributed by atoms with E-state index in [-0.39, 0.29) is 31.3 Å². The number of carboxylic acids is 2. The number of aliphatic carboxylic acids is 2. The van der Waals surface area contributed by atoms with Crippen LogP contribution in [0, 0.1) is 0 Å². The van der Waals surface area contributed by atoms with Crippen LogP contribution in [-0.2, 0) is 28.6 Å². The summed E-state index contributed by atoms with van der Waals surface area (Å²) in [6.07, 6.45) is 37.2. The molecule has 1 atom stereocenters. The molecule has 1 unspecified atom stereocenters. The van der Waals surface area contributed by atoms with Crippen LogP contribution in [0.3, 0.4) is 0 Å². The lowest BCUT2D eigenvalue weighted by atomic mass is 10.0. The van der Waals surface area contributed by atoms with E-state index in [2.05, 4.69) is 50.0 Å². The Kier molecular flexibility index (Phi) is 41.1. The molecular weight excluding hydrogens is 747 g/mol. The van der Waals surface area contributed by atoms with Crippen molar-refractivity contribution >= 4 is 24.1 Å². The third-order valence-corrected chi connectivity index (χ3v) is 11.0. The second kappa shape index (κ2) is 43.2. The van der Waals surface area contributed by atoms with Crippen LogP contribution in [0.1, 0.15) is 226 Å². The van der Waals surface area contributed by atoms with Crippen LogP contribution in [-0.4, -0.2) is 77.6 Å². The summed E-state index contributed by atoms with van der Waals surface area (Å²) in [6, 6.07) is 0. The number of hydrogen-bond donors (Lipinski definition) is 2. The van der Waals surface area contributed by atoms with Gasteiger partial charge in [-0.2, -0.15) is 0 Å². The van der Waals surface area contributed by atoms with Crippen molar-refractivity contribution in [3.8, 4) is 0 Å². The molecule has 0 aromatic heterocycles. The maximum Gasteiger partial charge on any atom is 0.508 e. The van der Waals surface area contributed by atoms with E-state index in [0.29, 0.717) is 32.3 Å². The molecule has 0 radical (unpaired) electrons. The van der Waals surface area contributed by atoms with Crippen molar-refractivity contribution < 1.29 is 43.6 Å². The number of nitrogens with zero attached hydrogens (tertiary/aromatic N) is 1. The fraction of sp³-hybridized carbons (Fsp3) is 0.837. The van der Waals surface area contributed by atoms with Crippen molar-refractivity contribution in [3.05, 3.63) is 24.3 Å². The largest absolute Gasteiger partial charge is 0.508 e. The average molecular weight is 836 g/mol. The molecule has 0 aliphatic heterocycles. The fourth-order valence-corrected chi connectivity index (χ4v) is 7.27. The Morgan fingerprint density at radius 2 is 0.932 bits per heavy atom. The minimum Gasteiger partial charge on any atom is -0.481 e. The predicted octanol–water partition coefficient (Wildman–Crippen LogP) is 13.5. The molecule has 0 spiro atoms. The van der Waals surface area contributed by atoms with Crippen molar-refractivity contribution in [2.45, 2.75) is 238 Å². The summed E-state index contributed by atoms with van der Waals surface area (Å²) in [5, 5.41) is 17.7. The molecule has 0 aliphatic rings. The zero-order chi connectivity index (χ0) is 43.4. The van der Waals surface area contributed by atoms with E-state index in [1.54, 1.807) is 0 Å². The smallest absolute Gasteiger partial charge is 0.481 e. The Hall–Kier alpha value is -2.88. The number of carbonyl (C=O) groups is 4. The summed E-state index contributed by atoms with van der Waals surface area (Å²) in [7, 11) is 0. The van der Waals surface area contributed by atoms with E-state index in [9.17, 15) is 19.2 Å². The summed E-state index contributed by atoms with van der Waals surface area (Å²) in [5.74, 6) is -1.74. The van der Waals surface area contributed by atoms with Gasteiger partial charge in [-0.15, -0.1) is 0 Å². The molecule has 0 aromatic carbocycles. The molecule has 0 rings (SSSR count). The number of rotatable bonds is 44. The lowest BCUT2D eigenvalue weighted by Gasteiger charge is -2.21. The highest BCUT2D eigenvalue weighted by atomic mass is 16.7. The molecule has 0 aliphatic carbocycles. The molecule has 344 valence electrons. The highest BCUT2D eigenvalue weighted by molar-refractivity contribution is 5.69. The van der Waals surface area contributed by atoms with E-state index < -0.39 is 24.2 Å². The molecule has 0 aromatic rings. The number of ether oxygens (including phenoxy) is 3. The number of esters is 1. The second-order valence-corrected chi connectivity index (χ2v) is 16.3. The summed E-state index contributed by atoms with van der Waals surface area (Å²) >= 11 is 0. The van der Waals surface area contributed by atoms with Gasteiger partial charge in [0.1, 0.15) is 12.2 Å². The van der Waals surface area contributed by atoms with Gasteiger partial charge < -0.3 is 29.3 Å². The van der Waals surface area contributed by atoms with Crippen LogP contribution in [0.5, 0.6) is 0 Å². The minimum atomic E-state index is -0.744. The maximum atomic E-state index is 13.2. The lowest BCUT2D eigenvalue weighted by molar-refractivity contribution is -0.150. The van der Waals surface area contributed by atoms with Gasteiger partial charge in [0.25, 0.3) is 0 Å². The second-order valence-electron chi connectivity index (χ2n) is 16.3. The quantitative estimate of drug-likeness (QED) is 0.0346. The van der Waals surface area contributed by atoms with E-state index in [1.165, 1.54) is 44.9 Å². The average Bonchev–Trinajstić information content (AvgIpc) is 3.21. The van der Waals surface area contributed by atoms with Gasteiger partial charge in [0, 0.05) is 25.8 Å². The fourth-order valence-electron chi connectivity index (χ4n) is 7.27. The molecule has 59 heavy (non-hydrogen) atoms. The molecule has 0 fully saturated rings. The Balaban J connectivity index is 4.92. The Labute approximate surface area is 360 Å². The first-order chi connectivity index (χ1) is 28.7. The van der Waals surface area contributed by atoms with E-state index in [0.717, 1.165) is 135 Å². The van der Waals surface area contributed by atoms with E-state index >= 15 is 0 Å². The van der Waals surface area contributed by atoms with Gasteiger partial charge in [-0.05, 0) is 109 Å². The van der Waals surface area contributed by atoms with Gasteiger partial charge in [0.2, 0.25) is 0 Å². The topological polar surface area (TPSA) is 140 Å². The van der Waals surface area contributed by atoms with Gasteiger partial charge in [-0.25, -0.2) is 4.79 Å². The van der Waals surface area contributed by atoms with Crippen LogP contribution in [0.4, 0.5) is 4.79 Å². The van der Waals surface area contributed by atoms with Crippen LogP contribution in [0.25, 0.3) is 0 Å². The summed E-state index contributed by atoms with van der Waals surface area (Å²) in [5.41, 5.74) is 0. The number of allylic oxidation sites excluding steroid dienone is 4. The van der Waals surface area contributed by atoms with Gasteiger partial charge in [0.05, 0.1) is 6.61 Å². The summed E-state index contributed by atoms with van der Waals surface area (Å²) in [6.45, 7) is 9.57. The number of unbranched alkanes of at least 4 members (excludes halogenated alkanes) is 19. The normalized spacial score (nSPS) is 12.2. The number of hydrogen-bond acceptors (Lipinski definition) is 8. The number of carbonyl (C=O) groups excluding carboxylic acids is 2. The van der Waals surface area contributed by atoms with E-state index in [4.69, 9.17) is 24.4 Å². The van der Waals surface area contributed by atoms with Crippen LogP contribution >= 0.6 is 0 Å². The zero-order valence-corrected chi connectivity index (χ0v) is 38.1. The molecule has 10 nitrogen and oxygen atoms in total. The van der Waals surface area contributed by atoms with Crippen LogP contribution in [0.15, 0.2) is 24.3 Å². The lowest BCUT2D eigenvalue weighted by Crippen LogP contribution is -2.26. The molecule has 0 amide bonds. The predicted molar refractivity (Wildman–Crippen MR) is 241 cm³/mol.